The molecule has 0 unspecified atom stereocenters. The van der Waals surface area contributed by atoms with Gasteiger partial charge in [0.1, 0.15) is 21.7 Å². The van der Waals surface area contributed by atoms with Crippen molar-refractivity contribution in [3.05, 3.63) is 34.7 Å². The van der Waals surface area contributed by atoms with Crippen LogP contribution in [0.3, 0.4) is 0 Å². The summed E-state index contributed by atoms with van der Waals surface area (Å²) in [5, 5.41) is 0.581. The van der Waals surface area contributed by atoms with Crippen molar-refractivity contribution in [2.45, 2.75) is 6.42 Å². The van der Waals surface area contributed by atoms with E-state index in [0.717, 1.165) is 44.0 Å². The van der Waals surface area contributed by atoms with Crippen LogP contribution in [0.2, 0.25) is 0 Å². The molecule has 4 rings (SSSR count). The number of nitrogens with zero attached hydrogens (tertiary/aromatic N) is 3. The van der Waals surface area contributed by atoms with Gasteiger partial charge in [0.2, 0.25) is 0 Å². The lowest BCUT2D eigenvalue weighted by molar-refractivity contribution is 0.0376. The zero-order valence-electron chi connectivity index (χ0n) is 17.8. The first kappa shape index (κ1) is 24.8. The fourth-order valence-electron chi connectivity index (χ4n) is 3.51. The summed E-state index contributed by atoms with van der Waals surface area (Å²) < 4.78 is 23.3. The molecule has 0 N–H and O–H groups in total. The number of fused-ring (bicyclic) bond motifs is 1. The number of morpholine rings is 1. The molecule has 32 heavy (non-hydrogen) atoms. The van der Waals surface area contributed by atoms with Gasteiger partial charge in [0.15, 0.2) is 15.6 Å². The molecule has 0 saturated carbocycles. The Balaban J connectivity index is 0.00000289. The maximum atomic E-state index is 13.3. The molecule has 1 aromatic carbocycles. The number of benzene rings is 1. The number of ether oxygens (including phenoxy) is 3. The summed E-state index contributed by atoms with van der Waals surface area (Å²) in [7, 11) is 3.22. The minimum atomic E-state index is -0.232. The first-order chi connectivity index (χ1) is 15.1. The Kier molecular flexibility index (Phi) is 8.78. The van der Waals surface area contributed by atoms with E-state index < -0.39 is 0 Å². The number of hydrogen-bond donors (Lipinski definition) is 0. The van der Waals surface area contributed by atoms with Gasteiger partial charge < -0.3 is 18.6 Å². The Morgan fingerprint density at radius 2 is 1.91 bits per heavy atom. The van der Waals surface area contributed by atoms with Crippen molar-refractivity contribution in [3.8, 4) is 11.5 Å². The zero-order valence-corrected chi connectivity index (χ0v) is 21.1. The lowest BCUT2D eigenvalue weighted by Crippen LogP contribution is -2.39. The largest absolute Gasteiger partial charge is 0.495 e. The molecule has 0 aliphatic carbocycles. The Bertz CT molecular complexity index is 1010. The highest BCUT2D eigenvalue weighted by molar-refractivity contribution is 9.10. The average molecular weight is 547 g/mol. The van der Waals surface area contributed by atoms with Crippen LogP contribution in [0, 0.1) is 0 Å². The summed E-state index contributed by atoms with van der Waals surface area (Å²) in [5.41, 5.74) is 0.674. The van der Waals surface area contributed by atoms with Crippen LogP contribution in [0.15, 0.2) is 33.4 Å². The first-order valence-corrected chi connectivity index (χ1v) is 11.6. The fraction of sp³-hybridized carbons (Fsp3) is 0.429. The summed E-state index contributed by atoms with van der Waals surface area (Å²) in [6.07, 6.45) is 0.803. The molecule has 2 aromatic heterocycles. The molecule has 11 heteroatoms. The highest BCUT2D eigenvalue weighted by atomic mass is 79.9. The van der Waals surface area contributed by atoms with E-state index in [0.29, 0.717) is 33.4 Å². The predicted molar refractivity (Wildman–Crippen MR) is 130 cm³/mol. The van der Waals surface area contributed by atoms with Crippen LogP contribution in [-0.4, -0.2) is 69.4 Å². The number of halogens is 2. The lowest BCUT2D eigenvalue weighted by atomic mass is 10.3. The summed E-state index contributed by atoms with van der Waals surface area (Å²) >= 11 is 4.68. The van der Waals surface area contributed by atoms with Crippen LogP contribution in [0.4, 0.5) is 5.13 Å². The lowest BCUT2D eigenvalue weighted by Gasteiger charge is -2.27. The summed E-state index contributed by atoms with van der Waals surface area (Å²) in [6.45, 7) is 4.72. The van der Waals surface area contributed by atoms with E-state index in [9.17, 15) is 4.79 Å². The van der Waals surface area contributed by atoms with Gasteiger partial charge in [-0.3, -0.25) is 14.6 Å². The molecule has 0 bridgehead atoms. The van der Waals surface area contributed by atoms with Gasteiger partial charge >= 0.3 is 0 Å². The number of hydrogen-bond acceptors (Lipinski definition) is 8. The van der Waals surface area contributed by atoms with Crippen molar-refractivity contribution >= 4 is 60.9 Å². The van der Waals surface area contributed by atoms with Crippen molar-refractivity contribution in [2.75, 3.05) is 58.5 Å². The van der Waals surface area contributed by atoms with E-state index in [4.69, 9.17) is 23.6 Å². The molecule has 1 amide bonds. The minimum Gasteiger partial charge on any atom is -0.495 e. The van der Waals surface area contributed by atoms with Gasteiger partial charge in [0.25, 0.3) is 5.91 Å². The summed E-state index contributed by atoms with van der Waals surface area (Å²) in [5.74, 6) is 1.36. The number of methoxy groups -OCH3 is 2. The molecule has 1 aliphatic rings. The summed E-state index contributed by atoms with van der Waals surface area (Å²) in [6, 6.07) is 7.04. The highest BCUT2D eigenvalue weighted by Crippen LogP contribution is 2.40. The van der Waals surface area contributed by atoms with Crippen molar-refractivity contribution in [1.29, 1.82) is 0 Å². The topological polar surface area (TPSA) is 77.3 Å². The van der Waals surface area contributed by atoms with Crippen LogP contribution < -0.4 is 14.4 Å². The Morgan fingerprint density at radius 1 is 1.19 bits per heavy atom. The molecule has 3 heterocycles. The van der Waals surface area contributed by atoms with E-state index >= 15 is 0 Å². The maximum Gasteiger partial charge on any atom is 0.295 e. The molecule has 3 aromatic rings. The van der Waals surface area contributed by atoms with Crippen LogP contribution in [-0.2, 0) is 4.74 Å². The number of carbonyl (C=O) groups excluding carboxylic acids is 1. The van der Waals surface area contributed by atoms with E-state index in [2.05, 4.69) is 20.8 Å². The Labute approximate surface area is 205 Å². The normalized spacial score (nSPS) is 14.2. The van der Waals surface area contributed by atoms with E-state index in [-0.39, 0.29) is 24.1 Å². The average Bonchev–Trinajstić information content (AvgIpc) is 3.43. The van der Waals surface area contributed by atoms with Crippen molar-refractivity contribution in [2.24, 2.45) is 0 Å². The maximum absolute atomic E-state index is 13.3. The van der Waals surface area contributed by atoms with Crippen LogP contribution in [0.1, 0.15) is 17.0 Å². The second-order valence-corrected chi connectivity index (χ2v) is 8.77. The van der Waals surface area contributed by atoms with Gasteiger partial charge in [-0.15, -0.1) is 12.4 Å². The van der Waals surface area contributed by atoms with E-state index in [1.165, 1.54) is 11.3 Å². The van der Waals surface area contributed by atoms with Gasteiger partial charge in [-0.1, -0.05) is 11.3 Å². The monoisotopic (exact) mass is 545 g/mol. The number of anilines is 1. The zero-order chi connectivity index (χ0) is 21.8. The quantitative estimate of drug-likeness (QED) is 0.413. The molecule has 0 radical (unpaired) electrons. The van der Waals surface area contributed by atoms with Gasteiger partial charge in [-0.05, 0) is 46.6 Å². The number of carbonyl (C=O) groups is 1. The number of furan rings is 1. The standard InChI is InChI=1S/C21H24BrN3O5S.ClH/c1-27-14-4-5-15(28-2)19-18(14)23-21(31-19)25(20(26)16-6-7-17(22)30-16)9-3-8-24-10-12-29-13-11-24;/h4-7H,3,8-13H2,1-2H3;1H. The summed E-state index contributed by atoms with van der Waals surface area (Å²) in [4.78, 5) is 22.1. The number of aromatic nitrogens is 1. The molecule has 0 atom stereocenters. The molecule has 1 aliphatic heterocycles. The van der Waals surface area contributed by atoms with Gasteiger partial charge in [0.05, 0.1) is 27.4 Å². The second-order valence-electron chi connectivity index (χ2n) is 7.01. The predicted octanol–water partition coefficient (Wildman–Crippen LogP) is 4.46. The Morgan fingerprint density at radius 3 is 2.56 bits per heavy atom. The number of thiazole rings is 1. The molecule has 1 fully saturated rings. The van der Waals surface area contributed by atoms with Gasteiger partial charge in [-0.2, -0.15) is 0 Å². The molecular formula is C21H25BrClN3O5S. The van der Waals surface area contributed by atoms with E-state index in [1.54, 1.807) is 31.3 Å². The van der Waals surface area contributed by atoms with Crippen molar-refractivity contribution < 1.29 is 23.4 Å². The minimum absolute atomic E-state index is 0. The molecule has 174 valence electrons. The Hall–Kier alpha value is -1.85. The van der Waals surface area contributed by atoms with Gasteiger partial charge in [-0.25, -0.2) is 4.98 Å². The SMILES string of the molecule is COc1ccc(OC)c2sc(N(CCCN3CCOCC3)C(=O)c3ccc(Br)o3)nc12.Cl. The third-order valence-electron chi connectivity index (χ3n) is 5.12. The molecule has 8 nitrogen and oxygen atoms in total. The number of amides is 1. The molecule has 1 saturated heterocycles. The first-order valence-electron chi connectivity index (χ1n) is 9.99. The molecular weight excluding hydrogens is 522 g/mol. The fourth-order valence-corrected chi connectivity index (χ4v) is 4.92. The third kappa shape index (κ3) is 5.37. The van der Waals surface area contributed by atoms with Crippen molar-refractivity contribution in [3.63, 3.8) is 0 Å². The molecule has 0 spiro atoms. The van der Waals surface area contributed by atoms with Crippen LogP contribution >= 0.6 is 39.7 Å². The van der Waals surface area contributed by atoms with Gasteiger partial charge in [0, 0.05) is 26.2 Å². The highest BCUT2D eigenvalue weighted by Gasteiger charge is 2.26. The smallest absolute Gasteiger partial charge is 0.295 e. The van der Waals surface area contributed by atoms with Crippen LogP contribution in [0.25, 0.3) is 10.2 Å². The van der Waals surface area contributed by atoms with Crippen LogP contribution in [0.5, 0.6) is 11.5 Å². The third-order valence-corrected chi connectivity index (χ3v) is 6.64. The second kappa shape index (κ2) is 11.3. The van der Waals surface area contributed by atoms with E-state index in [1.807, 2.05) is 12.1 Å². The number of rotatable bonds is 8. The van der Waals surface area contributed by atoms with Crippen molar-refractivity contribution in [1.82, 2.24) is 9.88 Å².